The van der Waals surface area contributed by atoms with Crippen LogP contribution in [0.5, 0.6) is 0 Å². The van der Waals surface area contributed by atoms with Gasteiger partial charge in [-0.05, 0) is 32.1 Å². The smallest absolute Gasteiger partial charge is 0.134 e. The zero-order valence-electron chi connectivity index (χ0n) is 11.0. The van der Waals surface area contributed by atoms with E-state index in [4.69, 9.17) is 0 Å². The van der Waals surface area contributed by atoms with Crippen molar-refractivity contribution in [2.75, 3.05) is 30.4 Å². The minimum atomic E-state index is 0.837. The van der Waals surface area contributed by atoms with Gasteiger partial charge < -0.3 is 10.2 Å². The van der Waals surface area contributed by atoms with Gasteiger partial charge in [0.1, 0.15) is 17.5 Å². The minimum absolute atomic E-state index is 0.837. The molecule has 0 unspecified atom stereocenters. The number of hydrogen-bond donors (Lipinski definition) is 1. The topological polar surface area (TPSA) is 41.0 Å². The Morgan fingerprint density at radius 1 is 1.41 bits per heavy atom. The third-order valence-corrected chi connectivity index (χ3v) is 3.07. The lowest BCUT2D eigenvalue weighted by molar-refractivity contribution is 0.696. The Morgan fingerprint density at radius 3 is 2.76 bits per heavy atom. The Kier molecular flexibility index (Phi) is 3.82. The number of rotatable bonds is 6. The lowest BCUT2D eigenvalue weighted by Crippen LogP contribution is -2.27. The van der Waals surface area contributed by atoms with Crippen molar-refractivity contribution in [1.82, 2.24) is 9.97 Å². The van der Waals surface area contributed by atoms with E-state index in [1.54, 1.807) is 0 Å². The molecule has 1 aliphatic carbocycles. The molecule has 0 atom stereocenters. The minimum Gasteiger partial charge on any atom is -0.373 e. The van der Waals surface area contributed by atoms with Gasteiger partial charge in [-0.3, -0.25) is 0 Å². The highest BCUT2D eigenvalue weighted by atomic mass is 15.2. The van der Waals surface area contributed by atoms with E-state index in [0.29, 0.717) is 0 Å². The molecule has 0 bridgehead atoms. The highest BCUT2D eigenvalue weighted by Gasteiger charge is 2.24. The largest absolute Gasteiger partial charge is 0.373 e. The molecule has 1 aromatic heterocycles. The van der Waals surface area contributed by atoms with Gasteiger partial charge in [0.2, 0.25) is 0 Å². The maximum absolute atomic E-state index is 4.56. The summed E-state index contributed by atoms with van der Waals surface area (Å²) >= 11 is 0. The van der Waals surface area contributed by atoms with Crippen LogP contribution in [0.4, 0.5) is 11.6 Å². The molecule has 0 aromatic carbocycles. The quantitative estimate of drug-likeness (QED) is 0.821. The van der Waals surface area contributed by atoms with Crippen molar-refractivity contribution in [1.29, 1.82) is 0 Å². The third kappa shape index (κ3) is 3.32. The predicted octanol–water partition coefficient (Wildman–Crippen LogP) is 2.45. The first kappa shape index (κ1) is 12.1. The van der Waals surface area contributed by atoms with E-state index in [2.05, 4.69) is 27.1 Å². The van der Waals surface area contributed by atoms with Gasteiger partial charge in [-0.25, -0.2) is 9.97 Å². The molecule has 0 radical (unpaired) electrons. The molecule has 0 spiro atoms. The fraction of sp³-hybridized carbons (Fsp3) is 0.692. The van der Waals surface area contributed by atoms with E-state index in [1.807, 2.05) is 20.0 Å². The molecule has 4 heteroatoms. The van der Waals surface area contributed by atoms with Crippen LogP contribution >= 0.6 is 0 Å². The summed E-state index contributed by atoms with van der Waals surface area (Å²) in [5, 5.41) is 3.10. The molecule has 1 fully saturated rings. The lowest BCUT2D eigenvalue weighted by atomic mass is 10.3. The van der Waals surface area contributed by atoms with Crippen molar-refractivity contribution in [2.45, 2.75) is 33.1 Å². The molecule has 1 aliphatic rings. The molecule has 2 rings (SSSR count). The number of nitrogens with one attached hydrogen (secondary N) is 1. The summed E-state index contributed by atoms with van der Waals surface area (Å²) in [6.07, 6.45) is 3.91. The molecular weight excluding hydrogens is 212 g/mol. The highest BCUT2D eigenvalue weighted by molar-refractivity contribution is 5.49. The Labute approximate surface area is 103 Å². The Hall–Kier alpha value is -1.32. The van der Waals surface area contributed by atoms with E-state index >= 15 is 0 Å². The first-order valence-corrected chi connectivity index (χ1v) is 6.51. The van der Waals surface area contributed by atoms with Gasteiger partial charge in [-0.1, -0.05) is 6.92 Å². The Bertz CT molecular complexity index is 374. The van der Waals surface area contributed by atoms with E-state index < -0.39 is 0 Å². The normalized spacial score (nSPS) is 14.8. The van der Waals surface area contributed by atoms with Crippen molar-refractivity contribution in [3.05, 3.63) is 11.9 Å². The second kappa shape index (κ2) is 5.34. The number of anilines is 2. The zero-order valence-corrected chi connectivity index (χ0v) is 11.0. The summed E-state index contributed by atoms with van der Waals surface area (Å²) in [5.74, 6) is 3.69. The molecule has 1 heterocycles. The molecule has 1 N–H and O–H groups in total. The maximum Gasteiger partial charge on any atom is 0.134 e. The maximum atomic E-state index is 4.56. The SMILES string of the molecule is CCCN(CC1CC1)c1cc(NC)nc(C)n1. The molecule has 1 saturated carbocycles. The molecule has 4 nitrogen and oxygen atoms in total. The van der Waals surface area contributed by atoms with Crippen LogP contribution in [0.3, 0.4) is 0 Å². The molecule has 0 amide bonds. The van der Waals surface area contributed by atoms with Crippen LogP contribution in [0.25, 0.3) is 0 Å². The van der Waals surface area contributed by atoms with Crippen LogP contribution in [-0.4, -0.2) is 30.1 Å². The van der Waals surface area contributed by atoms with Crippen molar-refractivity contribution in [3.63, 3.8) is 0 Å². The van der Waals surface area contributed by atoms with E-state index in [0.717, 1.165) is 42.9 Å². The van der Waals surface area contributed by atoms with Gasteiger partial charge in [0.05, 0.1) is 0 Å². The van der Waals surface area contributed by atoms with Crippen LogP contribution in [0.15, 0.2) is 6.07 Å². The van der Waals surface area contributed by atoms with Crippen molar-refractivity contribution in [2.24, 2.45) is 5.92 Å². The number of nitrogens with zero attached hydrogens (tertiary/aromatic N) is 3. The number of hydrogen-bond acceptors (Lipinski definition) is 4. The summed E-state index contributed by atoms with van der Waals surface area (Å²) in [7, 11) is 1.90. The molecule has 94 valence electrons. The lowest BCUT2D eigenvalue weighted by Gasteiger charge is -2.23. The summed E-state index contributed by atoms with van der Waals surface area (Å²) < 4.78 is 0. The van der Waals surface area contributed by atoms with Crippen LogP contribution in [0.2, 0.25) is 0 Å². The van der Waals surface area contributed by atoms with Gasteiger partial charge >= 0.3 is 0 Å². The van der Waals surface area contributed by atoms with Crippen LogP contribution in [-0.2, 0) is 0 Å². The fourth-order valence-electron chi connectivity index (χ4n) is 2.02. The van der Waals surface area contributed by atoms with Gasteiger partial charge in [0, 0.05) is 26.2 Å². The van der Waals surface area contributed by atoms with Gasteiger partial charge in [0.15, 0.2) is 0 Å². The third-order valence-electron chi connectivity index (χ3n) is 3.07. The number of aromatic nitrogens is 2. The van der Waals surface area contributed by atoms with E-state index in [-0.39, 0.29) is 0 Å². The average molecular weight is 234 g/mol. The van der Waals surface area contributed by atoms with E-state index in [9.17, 15) is 0 Å². The second-order valence-electron chi connectivity index (χ2n) is 4.80. The predicted molar refractivity (Wildman–Crippen MR) is 71.5 cm³/mol. The van der Waals surface area contributed by atoms with Crippen molar-refractivity contribution < 1.29 is 0 Å². The average Bonchev–Trinajstić information content (AvgIpc) is 3.11. The molecular formula is C13H22N4. The van der Waals surface area contributed by atoms with Gasteiger partial charge in [0.25, 0.3) is 0 Å². The monoisotopic (exact) mass is 234 g/mol. The molecule has 0 saturated heterocycles. The molecule has 0 aliphatic heterocycles. The van der Waals surface area contributed by atoms with Crippen LogP contribution in [0.1, 0.15) is 32.0 Å². The first-order chi connectivity index (χ1) is 8.22. The second-order valence-corrected chi connectivity index (χ2v) is 4.80. The first-order valence-electron chi connectivity index (χ1n) is 6.51. The summed E-state index contributed by atoms with van der Waals surface area (Å²) in [5.41, 5.74) is 0. The Morgan fingerprint density at radius 2 is 2.18 bits per heavy atom. The van der Waals surface area contributed by atoms with Crippen LogP contribution in [0, 0.1) is 12.8 Å². The van der Waals surface area contributed by atoms with Crippen molar-refractivity contribution >= 4 is 11.6 Å². The van der Waals surface area contributed by atoms with Gasteiger partial charge in [-0.15, -0.1) is 0 Å². The number of aryl methyl sites for hydroxylation is 1. The molecule has 17 heavy (non-hydrogen) atoms. The van der Waals surface area contributed by atoms with Crippen LogP contribution < -0.4 is 10.2 Å². The summed E-state index contributed by atoms with van der Waals surface area (Å²) in [6.45, 7) is 6.39. The standard InChI is InChI=1S/C13H22N4/c1-4-7-17(9-11-5-6-11)13-8-12(14-3)15-10(2)16-13/h8,11H,4-7,9H2,1-3H3,(H,14,15,16). The Balaban J connectivity index is 2.17. The summed E-state index contributed by atoms with van der Waals surface area (Å²) in [6, 6.07) is 2.05. The highest BCUT2D eigenvalue weighted by Crippen LogP contribution is 2.31. The van der Waals surface area contributed by atoms with Gasteiger partial charge in [-0.2, -0.15) is 0 Å². The van der Waals surface area contributed by atoms with E-state index in [1.165, 1.54) is 12.8 Å². The summed E-state index contributed by atoms with van der Waals surface area (Å²) in [4.78, 5) is 11.3. The zero-order chi connectivity index (χ0) is 12.3. The fourth-order valence-corrected chi connectivity index (χ4v) is 2.02. The molecule has 1 aromatic rings. The van der Waals surface area contributed by atoms with Crippen molar-refractivity contribution in [3.8, 4) is 0 Å².